The second kappa shape index (κ2) is 9.36. The molecule has 1 unspecified atom stereocenters. The number of hydrogen-bond acceptors (Lipinski definition) is 4. The molecule has 3 rings (SSSR count). The van der Waals surface area contributed by atoms with Crippen molar-refractivity contribution in [3.05, 3.63) is 65.7 Å². The van der Waals surface area contributed by atoms with Crippen LogP contribution in [-0.4, -0.2) is 49.4 Å². The number of likely N-dealkylation sites (N-methyl/N-ethyl adjacent to an activating group) is 1. The molecule has 0 radical (unpaired) electrons. The molecule has 1 aliphatic rings. The van der Waals surface area contributed by atoms with E-state index >= 15 is 0 Å². The Hall–Kier alpha value is -2.37. The molecule has 1 heterocycles. The summed E-state index contributed by atoms with van der Waals surface area (Å²) in [6, 6.07) is 16.3. The van der Waals surface area contributed by atoms with Gasteiger partial charge < -0.3 is 15.0 Å². The molecule has 1 fully saturated rings. The van der Waals surface area contributed by atoms with Gasteiger partial charge >= 0.3 is 0 Å². The van der Waals surface area contributed by atoms with Gasteiger partial charge in [0.05, 0.1) is 0 Å². The van der Waals surface area contributed by atoms with Crippen LogP contribution in [0.2, 0.25) is 0 Å². The molecule has 0 bridgehead atoms. The standard InChI is InChI=1S/C20H22N2O3.ClH/c1-22(17-11-12-21-13-17)19(23)14-25-18-9-7-16(8-10-18)20(24)15-5-3-2-4-6-15;/h2-10,17,21H,11-14H2,1H3;1H. The minimum Gasteiger partial charge on any atom is -0.484 e. The zero-order valence-corrected chi connectivity index (χ0v) is 15.5. The molecule has 138 valence electrons. The Labute approximate surface area is 159 Å². The van der Waals surface area contributed by atoms with E-state index in [1.165, 1.54) is 0 Å². The summed E-state index contributed by atoms with van der Waals surface area (Å²) in [5.41, 5.74) is 1.25. The maximum atomic E-state index is 12.4. The fourth-order valence-electron chi connectivity index (χ4n) is 2.88. The Bertz CT molecular complexity index is 728. The Morgan fingerprint density at radius 3 is 2.35 bits per heavy atom. The Morgan fingerprint density at radius 2 is 1.73 bits per heavy atom. The van der Waals surface area contributed by atoms with Crippen molar-refractivity contribution in [2.24, 2.45) is 0 Å². The number of rotatable bonds is 6. The topological polar surface area (TPSA) is 58.6 Å². The van der Waals surface area contributed by atoms with E-state index in [0.29, 0.717) is 16.9 Å². The van der Waals surface area contributed by atoms with Gasteiger partial charge in [-0.05, 0) is 37.2 Å². The lowest BCUT2D eigenvalue weighted by Gasteiger charge is -2.23. The molecule has 0 aromatic heterocycles. The predicted octanol–water partition coefficient (Wildman–Crippen LogP) is 2.54. The van der Waals surface area contributed by atoms with Crippen LogP contribution in [0.1, 0.15) is 22.3 Å². The Balaban J connectivity index is 0.00000243. The van der Waals surface area contributed by atoms with E-state index in [1.54, 1.807) is 41.3 Å². The molecule has 5 nitrogen and oxygen atoms in total. The number of halogens is 1. The van der Waals surface area contributed by atoms with Crippen molar-refractivity contribution in [1.82, 2.24) is 10.2 Å². The highest BCUT2D eigenvalue weighted by molar-refractivity contribution is 6.08. The molecular weight excluding hydrogens is 352 g/mol. The zero-order chi connectivity index (χ0) is 17.6. The molecule has 0 spiro atoms. The van der Waals surface area contributed by atoms with Crippen LogP contribution >= 0.6 is 12.4 Å². The average molecular weight is 375 g/mol. The maximum absolute atomic E-state index is 12.4. The van der Waals surface area contributed by atoms with Crippen molar-refractivity contribution < 1.29 is 14.3 Å². The van der Waals surface area contributed by atoms with Crippen LogP contribution in [0.4, 0.5) is 0 Å². The van der Waals surface area contributed by atoms with Gasteiger partial charge in [-0.15, -0.1) is 12.4 Å². The number of carbonyl (C=O) groups excluding carboxylic acids is 2. The summed E-state index contributed by atoms with van der Waals surface area (Å²) in [4.78, 5) is 26.3. The fourth-order valence-corrected chi connectivity index (χ4v) is 2.88. The molecule has 2 aromatic rings. The third kappa shape index (κ3) is 4.84. The van der Waals surface area contributed by atoms with Crippen molar-refractivity contribution in [2.75, 3.05) is 26.7 Å². The van der Waals surface area contributed by atoms with Gasteiger partial charge in [0.15, 0.2) is 12.4 Å². The van der Waals surface area contributed by atoms with E-state index in [1.807, 2.05) is 25.2 Å². The molecule has 2 aromatic carbocycles. The van der Waals surface area contributed by atoms with Gasteiger partial charge in [-0.1, -0.05) is 30.3 Å². The van der Waals surface area contributed by atoms with Gasteiger partial charge in [0, 0.05) is 30.8 Å². The lowest BCUT2D eigenvalue weighted by atomic mass is 10.0. The second-order valence-corrected chi connectivity index (χ2v) is 6.16. The molecule has 1 amide bonds. The molecular formula is C20H23ClN2O3. The van der Waals surface area contributed by atoms with E-state index in [4.69, 9.17) is 4.74 Å². The van der Waals surface area contributed by atoms with Crippen LogP contribution < -0.4 is 10.1 Å². The monoisotopic (exact) mass is 374 g/mol. The van der Waals surface area contributed by atoms with Crippen molar-refractivity contribution in [1.29, 1.82) is 0 Å². The van der Waals surface area contributed by atoms with Gasteiger partial charge in [0.25, 0.3) is 5.91 Å². The maximum Gasteiger partial charge on any atom is 0.260 e. The molecule has 1 atom stereocenters. The summed E-state index contributed by atoms with van der Waals surface area (Å²) in [7, 11) is 1.81. The number of amides is 1. The fraction of sp³-hybridized carbons (Fsp3) is 0.300. The van der Waals surface area contributed by atoms with Crippen LogP contribution in [0.25, 0.3) is 0 Å². The van der Waals surface area contributed by atoms with E-state index in [9.17, 15) is 9.59 Å². The normalized spacial score (nSPS) is 15.8. The first-order chi connectivity index (χ1) is 12.1. The highest BCUT2D eigenvalue weighted by Crippen LogP contribution is 2.16. The van der Waals surface area contributed by atoms with Crippen LogP contribution in [0.5, 0.6) is 5.75 Å². The van der Waals surface area contributed by atoms with Crippen molar-refractivity contribution in [3.8, 4) is 5.75 Å². The summed E-state index contributed by atoms with van der Waals surface area (Å²) < 4.78 is 5.57. The molecule has 1 N–H and O–H groups in total. The van der Waals surface area contributed by atoms with E-state index in [2.05, 4.69) is 5.32 Å². The van der Waals surface area contributed by atoms with Crippen molar-refractivity contribution >= 4 is 24.1 Å². The lowest BCUT2D eigenvalue weighted by Crippen LogP contribution is -2.40. The minimum absolute atomic E-state index is 0. The highest BCUT2D eigenvalue weighted by atomic mass is 35.5. The zero-order valence-electron chi connectivity index (χ0n) is 14.7. The number of benzene rings is 2. The molecule has 0 aliphatic carbocycles. The summed E-state index contributed by atoms with van der Waals surface area (Å²) >= 11 is 0. The number of nitrogens with zero attached hydrogens (tertiary/aromatic N) is 1. The lowest BCUT2D eigenvalue weighted by molar-refractivity contribution is -0.133. The van der Waals surface area contributed by atoms with Crippen LogP contribution in [0, 0.1) is 0 Å². The number of ketones is 1. The summed E-state index contributed by atoms with van der Waals surface area (Å²) in [6.07, 6.45) is 0.971. The van der Waals surface area contributed by atoms with Crippen molar-refractivity contribution in [2.45, 2.75) is 12.5 Å². The third-order valence-corrected chi connectivity index (χ3v) is 4.49. The number of nitrogens with one attached hydrogen (secondary N) is 1. The van der Waals surface area contributed by atoms with Crippen LogP contribution in [-0.2, 0) is 4.79 Å². The number of hydrogen-bond donors (Lipinski definition) is 1. The van der Waals surface area contributed by atoms with Gasteiger partial charge in [-0.2, -0.15) is 0 Å². The minimum atomic E-state index is -0.0434. The van der Waals surface area contributed by atoms with E-state index in [-0.39, 0.29) is 36.7 Å². The predicted molar refractivity (Wildman–Crippen MR) is 103 cm³/mol. The smallest absolute Gasteiger partial charge is 0.260 e. The first kappa shape index (κ1) is 19.9. The second-order valence-electron chi connectivity index (χ2n) is 6.16. The quantitative estimate of drug-likeness (QED) is 0.789. The van der Waals surface area contributed by atoms with Gasteiger partial charge in [-0.3, -0.25) is 9.59 Å². The van der Waals surface area contributed by atoms with E-state index in [0.717, 1.165) is 19.5 Å². The SMILES string of the molecule is CN(C(=O)COc1ccc(C(=O)c2ccccc2)cc1)C1CCNC1.Cl. The van der Waals surface area contributed by atoms with Crippen LogP contribution in [0.3, 0.4) is 0 Å². The average Bonchev–Trinajstić information content (AvgIpc) is 3.21. The number of carbonyl (C=O) groups is 2. The Kier molecular flexibility index (Phi) is 7.18. The van der Waals surface area contributed by atoms with Crippen LogP contribution in [0.15, 0.2) is 54.6 Å². The third-order valence-electron chi connectivity index (χ3n) is 4.49. The van der Waals surface area contributed by atoms with E-state index < -0.39 is 0 Å². The molecule has 6 heteroatoms. The van der Waals surface area contributed by atoms with Gasteiger partial charge in [0.2, 0.25) is 0 Å². The van der Waals surface area contributed by atoms with Crippen molar-refractivity contribution in [3.63, 3.8) is 0 Å². The summed E-state index contributed by atoms with van der Waals surface area (Å²) in [5.74, 6) is 0.505. The largest absolute Gasteiger partial charge is 0.484 e. The molecule has 1 aliphatic heterocycles. The highest BCUT2D eigenvalue weighted by Gasteiger charge is 2.23. The molecule has 0 saturated carbocycles. The summed E-state index contributed by atoms with van der Waals surface area (Å²) in [5, 5.41) is 3.25. The molecule has 1 saturated heterocycles. The first-order valence-electron chi connectivity index (χ1n) is 8.44. The molecule has 26 heavy (non-hydrogen) atoms. The van der Waals surface area contributed by atoms with Gasteiger partial charge in [0.1, 0.15) is 5.75 Å². The first-order valence-corrected chi connectivity index (χ1v) is 8.44. The number of ether oxygens (including phenoxy) is 1. The summed E-state index contributed by atoms with van der Waals surface area (Å²) in [6.45, 7) is 1.78. The Morgan fingerprint density at radius 1 is 1.08 bits per heavy atom. The van der Waals surface area contributed by atoms with Gasteiger partial charge in [-0.25, -0.2) is 0 Å².